The van der Waals surface area contributed by atoms with Crippen molar-refractivity contribution in [3.8, 4) is 22.5 Å². The van der Waals surface area contributed by atoms with Gasteiger partial charge in [0.15, 0.2) is 11.4 Å². The molecular weight excluding hydrogens is 374 g/mol. The standard InChI is InChI=1S/C24H23N5O/c1-16(30)19-4-2-3-5-20(19)22-11-10-21-23(27-28-24(21)26-22)17-6-8-18(9-7-17)29-14-12-25-13-15-29/h2-11,25H,12-15H2,1H3,(H,26,27,28). The summed E-state index contributed by atoms with van der Waals surface area (Å²) in [7, 11) is 0. The molecule has 0 amide bonds. The summed E-state index contributed by atoms with van der Waals surface area (Å²) in [5.74, 6) is 0.0276. The Kier molecular flexibility index (Phi) is 4.77. The Balaban J connectivity index is 1.48. The average Bonchev–Trinajstić information content (AvgIpc) is 3.23. The number of rotatable bonds is 4. The van der Waals surface area contributed by atoms with E-state index in [4.69, 9.17) is 4.98 Å². The zero-order chi connectivity index (χ0) is 20.5. The first-order valence-corrected chi connectivity index (χ1v) is 10.2. The first kappa shape index (κ1) is 18.5. The van der Waals surface area contributed by atoms with Gasteiger partial charge in [0.2, 0.25) is 0 Å². The van der Waals surface area contributed by atoms with Crippen LogP contribution in [0.5, 0.6) is 0 Å². The second kappa shape index (κ2) is 7.72. The lowest BCUT2D eigenvalue weighted by atomic mass is 10.0. The molecule has 0 atom stereocenters. The molecule has 3 heterocycles. The Hall–Kier alpha value is -3.51. The highest BCUT2D eigenvalue weighted by Crippen LogP contribution is 2.30. The van der Waals surface area contributed by atoms with Gasteiger partial charge in [0, 0.05) is 53.9 Å². The number of pyridine rings is 1. The number of hydrogen-bond acceptors (Lipinski definition) is 5. The van der Waals surface area contributed by atoms with Gasteiger partial charge in [-0.15, -0.1) is 0 Å². The molecule has 5 rings (SSSR count). The van der Waals surface area contributed by atoms with Crippen molar-refractivity contribution in [3.63, 3.8) is 0 Å². The van der Waals surface area contributed by atoms with Crippen molar-refractivity contribution in [2.24, 2.45) is 0 Å². The number of hydrogen-bond donors (Lipinski definition) is 2. The molecule has 1 aliphatic rings. The highest BCUT2D eigenvalue weighted by atomic mass is 16.1. The number of ketones is 1. The fraction of sp³-hybridized carbons (Fsp3) is 0.208. The van der Waals surface area contributed by atoms with Gasteiger partial charge in [0.1, 0.15) is 0 Å². The number of aromatic amines is 1. The van der Waals surface area contributed by atoms with E-state index in [0.717, 1.165) is 54.1 Å². The van der Waals surface area contributed by atoms with Crippen LogP contribution in [0.25, 0.3) is 33.5 Å². The van der Waals surface area contributed by atoms with Gasteiger partial charge in [-0.2, -0.15) is 5.10 Å². The summed E-state index contributed by atoms with van der Waals surface area (Å²) in [5, 5.41) is 11.9. The van der Waals surface area contributed by atoms with Gasteiger partial charge in [0.25, 0.3) is 0 Å². The summed E-state index contributed by atoms with van der Waals surface area (Å²) in [4.78, 5) is 19.1. The number of benzene rings is 2. The third-order valence-corrected chi connectivity index (χ3v) is 5.64. The number of carbonyl (C=O) groups is 1. The number of nitrogens with one attached hydrogen (secondary N) is 2. The van der Waals surface area contributed by atoms with Gasteiger partial charge >= 0.3 is 0 Å². The Morgan fingerprint density at radius 1 is 0.967 bits per heavy atom. The summed E-state index contributed by atoms with van der Waals surface area (Å²) in [5.41, 5.74) is 6.17. The summed E-state index contributed by atoms with van der Waals surface area (Å²) in [6.07, 6.45) is 0. The lowest BCUT2D eigenvalue weighted by Gasteiger charge is -2.29. The first-order chi connectivity index (χ1) is 14.7. The van der Waals surface area contributed by atoms with E-state index < -0.39 is 0 Å². The van der Waals surface area contributed by atoms with Crippen LogP contribution in [0.15, 0.2) is 60.7 Å². The molecule has 0 saturated carbocycles. The average molecular weight is 397 g/mol. The van der Waals surface area contributed by atoms with E-state index >= 15 is 0 Å². The van der Waals surface area contributed by atoms with Crippen LogP contribution in [0.4, 0.5) is 5.69 Å². The zero-order valence-corrected chi connectivity index (χ0v) is 16.9. The predicted molar refractivity (Wildman–Crippen MR) is 120 cm³/mol. The van der Waals surface area contributed by atoms with Crippen LogP contribution in [0, 0.1) is 0 Å². The van der Waals surface area contributed by atoms with Crippen LogP contribution >= 0.6 is 0 Å². The summed E-state index contributed by atoms with van der Waals surface area (Å²) >= 11 is 0. The Bertz CT molecular complexity index is 1210. The quantitative estimate of drug-likeness (QED) is 0.511. The maximum absolute atomic E-state index is 12.0. The molecule has 6 heteroatoms. The molecule has 1 aliphatic heterocycles. The zero-order valence-electron chi connectivity index (χ0n) is 16.9. The van der Waals surface area contributed by atoms with Crippen LogP contribution in [-0.4, -0.2) is 47.1 Å². The van der Waals surface area contributed by atoms with Gasteiger partial charge in [-0.25, -0.2) is 4.98 Å². The normalized spacial score (nSPS) is 14.2. The van der Waals surface area contributed by atoms with E-state index in [1.165, 1.54) is 5.69 Å². The predicted octanol–water partition coefficient (Wildman–Crippen LogP) is 3.90. The van der Waals surface area contributed by atoms with Gasteiger partial charge in [-0.05, 0) is 31.2 Å². The third-order valence-electron chi connectivity index (χ3n) is 5.64. The second-order valence-electron chi connectivity index (χ2n) is 7.55. The van der Waals surface area contributed by atoms with Crippen LogP contribution in [0.1, 0.15) is 17.3 Å². The van der Waals surface area contributed by atoms with Crippen molar-refractivity contribution in [3.05, 3.63) is 66.2 Å². The summed E-state index contributed by atoms with van der Waals surface area (Å²) < 4.78 is 0. The summed E-state index contributed by atoms with van der Waals surface area (Å²) in [6.45, 7) is 5.68. The van der Waals surface area contributed by atoms with Crippen molar-refractivity contribution < 1.29 is 4.79 Å². The van der Waals surface area contributed by atoms with E-state index in [1.54, 1.807) is 6.92 Å². The number of H-pyrrole nitrogens is 1. The third kappa shape index (κ3) is 3.35. The van der Waals surface area contributed by atoms with Crippen LogP contribution in [0.3, 0.4) is 0 Å². The second-order valence-corrected chi connectivity index (χ2v) is 7.55. The highest BCUT2D eigenvalue weighted by Gasteiger charge is 2.15. The maximum atomic E-state index is 12.0. The number of aromatic nitrogens is 3. The molecule has 4 aromatic rings. The van der Waals surface area contributed by atoms with Crippen molar-refractivity contribution in [1.29, 1.82) is 0 Å². The Morgan fingerprint density at radius 2 is 1.73 bits per heavy atom. The molecule has 2 N–H and O–H groups in total. The SMILES string of the molecule is CC(=O)c1ccccc1-c1ccc2c(-c3ccc(N4CCNCC4)cc3)[nH]nc2n1. The Morgan fingerprint density at radius 3 is 2.50 bits per heavy atom. The van der Waals surface area contributed by atoms with Crippen molar-refractivity contribution in [1.82, 2.24) is 20.5 Å². The molecule has 2 aromatic heterocycles. The lowest BCUT2D eigenvalue weighted by molar-refractivity contribution is 0.101. The van der Waals surface area contributed by atoms with Crippen molar-refractivity contribution in [2.45, 2.75) is 6.92 Å². The smallest absolute Gasteiger partial charge is 0.182 e. The number of nitrogens with zero attached hydrogens (tertiary/aromatic N) is 3. The molecule has 0 spiro atoms. The van der Waals surface area contributed by atoms with Crippen molar-refractivity contribution in [2.75, 3.05) is 31.1 Å². The first-order valence-electron chi connectivity index (χ1n) is 10.2. The van der Waals surface area contributed by atoms with Crippen LogP contribution in [-0.2, 0) is 0 Å². The molecule has 0 aliphatic carbocycles. The van der Waals surface area contributed by atoms with Crippen LogP contribution < -0.4 is 10.2 Å². The number of fused-ring (bicyclic) bond motifs is 1. The van der Waals surface area contributed by atoms with Gasteiger partial charge in [0.05, 0.1) is 11.4 Å². The van der Waals surface area contributed by atoms with E-state index in [9.17, 15) is 4.79 Å². The number of carbonyl (C=O) groups excluding carboxylic acids is 1. The molecule has 1 saturated heterocycles. The van der Waals surface area contributed by atoms with E-state index in [1.807, 2.05) is 36.4 Å². The minimum atomic E-state index is 0.0276. The maximum Gasteiger partial charge on any atom is 0.182 e. The topological polar surface area (TPSA) is 73.9 Å². The molecule has 0 unspecified atom stereocenters. The summed E-state index contributed by atoms with van der Waals surface area (Å²) in [6, 6.07) is 20.1. The van der Waals surface area contributed by atoms with E-state index in [-0.39, 0.29) is 5.78 Å². The fourth-order valence-corrected chi connectivity index (χ4v) is 4.04. The number of Topliss-reactive ketones (excluding diaryl/α,β-unsaturated/α-hetero) is 1. The molecule has 30 heavy (non-hydrogen) atoms. The number of anilines is 1. The minimum absolute atomic E-state index is 0.0276. The fourth-order valence-electron chi connectivity index (χ4n) is 4.04. The monoisotopic (exact) mass is 397 g/mol. The van der Waals surface area contributed by atoms with E-state index in [2.05, 4.69) is 44.7 Å². The molecular formula is C24H23N5O. The molecule has 0 bridgehead atoms. The largest absolute Gasteiger partial charge is 0.369 e. The Labute approximate surface area is 174 Å². The molecule has 0 radical (unpaired) electrons. The van der Waals surface area contributed by atoms with Crippen molar-refractivity contribution >= 4 is 22.5 Å². The molecule has 6 nitrogen and oxygen atoms in total. The number of piperazine rings is 1. The molecule has 1 fully saturated rings. The van der Waals surface area contributed by atoms with Gasteiger partial charge < -0.3 is 10.2 Å². The van der Waals surface area contributed by atoms with Gasteiger partial charge in [-0.1, -0.05) is 36.4 Å². The van der Waals surface area contributed by atoms with Gasteiger partial charge in [-0.3, -0.25) is 9.89 Å². The molecule has 150 valence electrons. The highest BCUT2D eigenvalue weighted by molar-refractivity contribution is 6.01. The molecule has 2 aromatic carbocycles. The minimum Gasteiger partial charge on any atom is -0.369 e. The van der Waals surface area contributed by atoms with E-state index in [0.29, 0.717) is 11.2 Å². The van der Waals surface area contributed by atoms with Crippen LogP contribution in [0.2, 0.25) is 0 Å². The lowest BCUT2D eigenvalue weighted by Crippen LogP contribution is -2.43.